The number of aromatic nitrogens is 3. The minimum atomic E-state index is -0.568. The van der Waals surface area contributed by atoms with Crippen molar-refractivity contribution in [2.24, 2.45) is 0 Å². The first-order valence-corrected chi connectivity index (χ1v) is 6.61. The van der Waals surface area contributed by atoms with Gasteiger partial charge in [0.1, 0.15) is 5.60 Å². The highest BCUT2D eigenvalue weighted by Crippen LogP contribution is 2.13. The van der Waals surface area contributed by atoms with Gasteiger partial charge < -0.3 is 4.74 Å². The lowest BCUT2D eigenvalue weighted by Crippen LogP contribution is -2.27. The molecule has 0 bridgehead atoms. The molecule has 1 aromatic carbocycles. The predicted octanol–water partition coefficient (Wildman–Crippen LogP) is 2.01. The number of nitrogens with zero attached hydrogens (tertiary/aromatic N) is 3. The molecule has 0 unspecified atom stereocenters. The molecule has 0 spiro atoms. The van der Waals surface area contributed by atoms with Gasteiger partial charge in [0.05, 0.1) is 12.4 Å². The molecule has 1 heterocycles. The molecule has 0 atom stereocenters. The number of nitrogens with one attached hydrogen (secondary N) is 2. The van der Waals surface area contributed by atoms with E-state index in [-0.39, 0.29) is 5.91 Å². The van der Waals surface area contributed by atoms with Gasteiger partial charge >= 0.3 is 6.09 Å². The standard InChI is InChI=1S/C14H17N5O3/c1-14(2,3)22-13(21)16-11-6-4-10(5-7-11)12(20)17-19-9-8-15-18-19/h4-9H,1-3H3,(H,16,21)(H,17,20). The maximum atomic E-state index is 11.9. The summed E-state index contributed by atoms with van der Waals surface area (Å²) in [6.45, 7) is 5.35. The lowest BCUT2D eigenvalue weighted by Gasteiger charge is -2.19. The number of amides is 2. The zero-order valence-corrected chi connectivity index (χ0v) is 12.5. The molecule has 0 saturated heterocycles. The van der Waals surface area contributed by atoms with E-state index in [0.29, 0.717) is 11.3 Å². The molecule has 0 saturated carbocycles. The molecule has 2 aromatic rings. The Labute approximate surface area is 127 Å². The van der Waals surface area contributed by atoms with Crippen LogP contribution in [0.25, 0.3) is 0 Å². The summed E-state index contributed by atoms with van der Waals surface area (Å²) in [5, 5.41) is 9.81. The second kappa shape index (κ2) is 6.25. The van der Waals surface area contributed by atoms with Gasteiger partial charge in [0.2, 0.25) is 0 Å². The molecule has 116 valence electrons. The Morgan fingerprint density at radius 2 is 1.86 bits per heavy atom. The molecule has 0 aliphatic carbocycles. The first kappa shape index (κ1) is 15.5. The Morgan fingerprint density at radius 1 is 1.18 bits per heavy atom. The van der Waals surface area contributed by atoms with Crippen LogP contribution in [0.4, 0.5) is 10.5 Å². The molecular formula is C14H17N5O3. The van der Waals surface area contributed by atoms with Crippen LogP contribution in [0.5, 0.6) is 0 Å². The van der Waals surface area contributed by atoms with Crippen molar-refractivity contribution in [2.45, 2.75) is 26.4 Å². The van der Waals surface area contributed by atoms with Crippen molar-refractivity contribution >= 4 is 17.7 Å². The van der Waals surface area contributed by atoms with E-state index in [9.17, 15) is 9.59 Å². The average molecular weight is 303 g/mol. The summed E-state index contributed by atoms with van der Waals surface area (Å²) >= 11 is 0. The van der Waals surface area contributed by atoms with Gasteiger partial charge in [0.15, 0.2) is 0 Å². The molecule has 0 fully saturated rings. The Bertz CT molecular complexity index is 644. The van der Waals surface area contributed by atoms with Gasteiger partial charge in [-0.25, -0.2) is 10.2 Å². The lowest BCUT2D eigenvalue weighted by atomic mass is 10.2. The maximum absolute atomic E-state index is 11.9. The largest absolute Gasteiger partial charge is 0.444 e. The number of anilines is 1. The minimum Gasteiger partial charge on any atom is -0.444 e. The van der Waals surface area contributed by atoms with Crippen LogP contribution < -0.4 is 10.7 Å². The van der Waals surface area contributed by atoms with Gasteiger partial charge in [-0.05, 0) is 50.3 Å². The highest BCUT2D eigenvalue weighted by Gasteiger charge is 2.16. The summed E-state index contributed by atoms with van der Waals surface area (Å²) in [6.07, 6.45) is 2.41. The fraction of sp³-hybridized carbons (Fsp3) is 0.286. The Morgan fingerprint density at radius 3 is 2.41 bits per heavy atom. The molecule has 8 heteroatoms. The number of carbonyl (C=O) groups is 2. The lowest BCUT2D eigenvalue weighted by molar-refractivity contribution is 0.0636. The summed E-state index contributed by atoms with van der Waals surface area (Å²) in [7, 11) is 0. The van der Waals surface area contributed by atoms with Crippen LogP contribution in [0.1, 0.15) is 31.1 Å². The topological polar surface area (TPSA) is 98.1 Å². The molecule has 2 N–H and O–H groups in total. The van der Waals surface area contributed by atoms with E-state index in [1.54, 1.807) is 45.0 Å². The van der Waals surface area contributed by atoms with Gasteiger partial charge in [-0.3, -0.25) is 10.1 Å². The summed E-state index contributed by atoms with van der Waals surface area (Å²) in [4.78, 5) is 24.8. The molecule has 22 heavy (non-hydrogen) atoms. The van der Waals surface area contributed by atoms with Crippen LogP contribution in [-0.2, 0) is 4.74 Å². The highest BCUT2D eigenvalue weighted by molar-refractivity contribution is 6.00. The predicted molar refractivity (Wildman–Crippen MR) is 80.0 cm³/mol. The number of rotatable bonds is 3. The second-order valence-electron chi connectivity index (χ2n) is 5.49. The van der Waals surface area contributed by atoms with Crippen LogP contribution >= 0.6 is 0 Å². The van der Waals surface area contributed by atoms with E-state index >= 15 is 0 Å². The smallest absolute Gasteiger partial charge is 0.412 e. The van der Waals surface area contributed by atoms with Gasteiger partial charge in [-0.15, -0.1) is 5.10 Å². The van der Waals surface area contributed by atoms with Gasteiger partial charge in [-0.1, -0.05) is 0 Å². The molecular weight excluding hydrogens is 286 g/mol. The fourth-order valence-corrected chi connectivity index (χ4v) is 1.56. The summed E-state index contributed by atoms with van der Waals surface area (Å²) in [5.41, 5.74) is 2.91. The third kappa shape index (κ3) is 4.58. The van der Waals surface area contributed by atoms with E-state index in [1.165, 1.54) is 17.2 Å². The number of ether oxygens (including phenoxy) is 1. The molecule has 1 aromatic heterocycles. The van der Waals surface area contributed by atoms with E-state index < -0.39 is 11.7 Å². The minimum absolute atomic E-state index is 0.339. The quantitative estimate of drug-likeness (QED) is 0.903. The molecule has 0 aliphatic rings. The number of benzene rings is 1. The summed E-state index contributed by atoms with van der Waals surface area (Å²) in [6, 6.07) is 6.39. The summed E-state index contributed by atoms with van der Waals surface area (Å²) < 4.78 is 5.14. The maximum Gasteiger partial charge on any atom is 0.412 e. The van der Waals surface area contributed by atoms with Gasteiger partial charge in [0, 0.05) is 11.3 Å². The zero-order chi connectivity index (χ0) is 16.2. The normalized spacial score (nSPS) is 10.9. The van der Waals surface area contributed by atoms with Gasteiger partial charge in [-0.2, -0.15) is 4.79 Å². The van der Waals surface area contributed by atoms with Crippen molar-refractivity contribution in [3.63, 3.8) is 0 Å². The number of hydrogen-bond donors (Lipinski definition) is 2. The van der Waals surface area contributed by atoms with E-state index in [1.807, 2.05) is 0 Å². The van der Waals surface area contributed by atoms with E-state index in [2.05, 4.69) is 21.1 Å². The monoisotopic (exact) mass is 303 g/mol. The zero-order valence-electron chi connectivity index (χ0n) is 12.5. The number of hydrogen-bond acceptors (Lipinski definition) is 5. The molecule has 2 rings (SSSR count). The average Bonchev–Trinajstić information content (AvgIpc) is 2.90. The van der Waals surface area contributed by atoms with Crippen molar-refractivity contribution in [1.29, 1.82) is 0 Å². The van der Waals surface area contributed by atoms with Crippen LogP contribution in [-0.4, -0.2) is 32.7 Å². The van der Waals surface area contributed by atoms with Crippen molar-refractivity contribution in [2.75, 3.05) is 10.7 Å². The SMILES string of the molecule is CC(C)(C)OC(=O)Nc1ccc(C(=O)Nn2ccnn2)cc1. The highest BCUT2D eigenvalue weighted by atomic mass is 16.6. The molecule has 0 radical (unpaired) electrons. The first-order valence-electron chi connectivity index (χ1n) is 6.61. The number of carbonyl (C=O) groups excluding carboxylic acids is 2. The third-order valence-corrected chi connectivity index (χ3v) is 2.43. The van der Waals surface area contributed by atoms with Crippen molar-refractivity contribution in [3.8, 4) is 0 Å². The fourth-order valence-electron chi connectivity index (χ4n) is 1.56. The van der Waals surface area contributed by atoms with Crippen molar-refractivity contribution in [3.05, 3.63) is 42.2 Å². The molecule has 2 amide bonds. The third-order valence-electron chi connectivity index (χ3n) is 2.43. The summed E-state index contributed by atoms with van der Waals surface area (Å²) in [5.74, 6) is -0.339. The van der Waals surface area contributed by atoms with Crippen LogP contribution in [0.2, 0.25) is 0 Å². The molecule has 0 aliphatic heterocycles. The Balaban J connectivity index is 1.95. The van der Waals surface area contributed by atoms with Crippen molar-refractivity contribution < 1.29 is 14.3 Å². The van der Waals surface area contributed by atoms with Crippen LogP contribution in [0.15, 0.2) is 36.7 Å². The van der Waals surface area contributed by atoms with Crippen molar-refractivity contribution in [1.82, 2.24) is 15.1 Å². The second-order valence-corrected chi connectivity index (χ2v) is 5.49. The van der Waals surface area contributed by atoms with E-state index in [4.69, 9.17) is 4.74 Å². The first-order chi connectivity index (χ1) is 10.3. The Kier molecular flexibility index (Phi) is 4.40. The van der Waals surface area contributed by atoms with Crippen LogP contribution in [0.3, 0.4) is 0 Å². The Hall–Kier alpha value is -2.90. The van der Waals surface area contributed by atoms with Crippen LogP contribution in [0, 0.1) is 0 Å². The molecule has 8 nitrogen and oxygen atoms in total. The van der Waals surface area contributed by atoms with Gasteiger partial charge in [0.25, 0.3) is 5.91 Å². The van der Waals surface area contributed by atoms with E-state index in [0.717, 1.165) is 0 Å².